The van der Waals surface area contributed by atoms with E-state index in [1.54, 1.807) is 0 Å². The van der Waals surface area contributed by atoms with E-state index in [0.717, 1.165) is 31.6 Å². The number of nitrogens with zero attached hydrogens (tertiary/aromatic N) is 3. The predicted octanol–water partition coefficient (Wildman–Crippen LogP) is 2.71. The summed E-state index contributed by atoms with van der Waals surface area (Å²) >= 11 is 5.88. The van der Waals surface area contributed by atoms with Crippen LogP contribution in [0, 0.1) is 6.92 Å². The Hall–Kier alpha value is -1.92. The van der Waals surface area contributed by atoms with Crippen LogP contribution in [0.2, 0.25) is 5.02 Å². The summed E-state index contributed by atoms with van der Waals surface area (Å²) in [6.45, 7) is 3.75. The monoisotopic (exact) mass is 319 g/mol. The third kappa shape index (κ3) is 4.05. The fraction of sp³-hybridized carbons (Fsp3) is 0.400. The van der Waals surface area contributed by atoms with E-state index in [1.807, 2.05) is 31.2 Å². The molecule has 0 saturated carbocycles. The summed E-state index contributed by atoms with van der Waals surface area (Å²) in [6.07, 6.45) is 2.08. The van der Waals surface area contributed by atoms with Crippen LogP contribution in [-0.2, 0) is 0 Å². The van der Waals surface area contributed by atoms with Crippen molar-refractivity contribution >= 4 is 23.2 Å². The van der Waals surface area contributed by atoms with E-state index in [-0.39, 0.29) is 6.10 Å². The number of rotatable bonds is 4. The quantitative estimate of drug-likeness (QED) is 0.903. The molecule has 1 aliphatic heterocycles. The third-order valence-electron chi connectivity index (χ3n) is 3.39. The summed E-state index contributed by atoms with van der Waals surface area (Å²) in [6, 6.07) is 7.73. The Kier molecular flexibility index (Phi) is 4.70. The fourth-order valence-corrected chi connectivity index (χ4v) is 2.42. The van der Waals surface area contributed by atoms with Crippen LogP contribution in [-0.4, -0.2) is 34.1 Å². The number of piperidine rings is 1. The predicted molar refractivity (Wildman–Crippen MR) is 85.8 cm³/mol. The van der Waals surface area contributed by atoms with Gasteiger partial charge in [0.1, 0.15) is 11.9 Å². The second kappa shape index (κ2) is 6.89. The molecule has 116 valence electrons. The highest BCUT2D eigenvalue weighted by molar-refractivity contribution is 6.30. The maximum atomic E-state index is 5.88. The molecule has 1 aromatic carbocycles. The van der Waals surface area contributed by atoms with E-state index in [1.165, 1.54) is 0 Å². The van der Waals surface area contributed by atoms with Crippen molar-refractivity contribution < 1.29 is 4.74 Å². The van der Waals surface area contributed by atoms with Crippen LogP contribution < -0.4 is 15.4 Å². The molecule has 0 radical (unpaired) electrons. The summed E-state index contributed by atoms with van der Waals surface area (Å²) in [4.78, 5) is 12.9. The van der Waals surface area contributed by atoms with Gasteiger partial charge < -0.3 is 15.4 Å². The molecule has 0 atom stereocenters. The largest absolute Gasteiger partial charge is 0.460 e. The number of benzene rings is 1. The Morgan fingerprint density at radius 3 is 2.59 bits per heavy atom. The van der Waals surface area contributed by atoms with Crippen molar-refractivity contribution in [3.05, 3.63) is 35.1 Å². The summed E-state index contributed by atoms with van der Waals surface area (Å²) < 4.78 is 5.87. The molecule has 2 N–H and O–H groups in total. The van der Waals surface area contributed by atoms with Crippen LogP contribution in [0.25, 0.3) is 0 Å². The van der Waals surface area contributed by atoms with Crippen molar-refractivity contribution in [3.63, 3.8) is 0 Å². The van der Waals surface area contributed by atoms with Crippen molar-refractivity contribution in [1.29, 1.82) is 0 Å². The van der Waals surface area contributed by atoms with Crippen LogP contribution in [0.4, 0.5) is 11.6 Å². The standard InChI is InChI=1S/C15H18ClN5O/c1-10-18-14(20-12-4-2-11(16)3-5-12)21-15(19-10)22-13-6-8-17-9-7-13/h2-5,13,17H,6-9H2,1H3,(H,18,19,20,21). The Balaban J connectivity index is 1.72. The second-order valence-electron chi connectivity index (χ2n) is 5.19. The van der Waals surface area contributed by atoms with Crippen LogP contribution in [0.5, 0.6) is 6.01 Å². The smallest absolute Gasteiger partial charge is 0.321 e. The Labute approximate surface area is 134 Å². The molecule has 1 aromatic heterocycles. The first-order valence-electron chi connectivity index (χ1n) is 7.32. The maximum Gasteiger partial charge on any atom is 0.321 e. The lowest BCUT2D eigenvalue weighted by Crippen LogP contribution is -2.34. The van der Waals surface area contributed by atoms with Crippen LogP contribution in [0.15, 0.2) is 24.3 Å². The zero-order valence-corrected chi connectivity index (χ0v) is 13.1. The van der Waals surface area contributed by atoms with E-state index >= 15 is 0 Å². The number of hydrogen-bond donors (Lipinski definition) is 2. The number of hydrogen-bond acceptors (Lipinski definition) is 6. The summed E-state index contributed by atoms with van der Waals surface area (Å²) in [5.41, 5.74) is 0.864. The normalized spacial score (nSPS) is 15.5. The van der Waals surface area contributed by atoms with E-state index in [2.05, 4.69) is 25.6 Å². The number of anilines is 2. The van der Waals surface area contributed by atoms with E-state index in [0.29, 0.717) is 22.8 Å². The molecule has 0 spiro atoms. The molecule has 2 heterocycles. The Morgan fingerprint density at radius 1 is 1.14 bits per heavy atom. The first kappa shape index (κ1) is 15.0. The highest BCUT2D eigenvalue weighted by Crippen LogP contribution is 2.19. The number of aryl methyl sites for hydroxylation is 1. The van der Waals surface area contributed by atoms with Crippen LogP contribution >= 0.6 is 11.6 Å². The molecular weight excluding hydrogens is 302 g/mol. The second-order valence-corrected chi connectivity index (χ2v) is 5.62. The van der Waals surface area contributed by atoms with Gasteiger partial charge >= 0.3 is 6.01 Å². The van der Waals surface area contributed by atoms with Gasteiger partial charge in [-0.3, -0.25) is 0 Å². The molecular formula is C15H18ClN5O. The van der Waals surface area contributed by atoms with Gasteiger partial charge in [0, 0.05) is 10.7 Å². The molecule has 1 saturated heterocycles. The van der Waals surface area contributed by atoms with Gasteiger partial charge in [-0.05, 0) is 57.1 Å². The molecule has 22 heavy (non-hydrogen) atoms. The van der Waals surface area contributed by atoms with Crippen molar-refractivity contribution in [3.8, 4) is 6.01 Å². The molecule has 7 heteroatoms. The molecule has 0 unspecified atom stereocenters. The average Bonchev–Trinajstić information content (AvgIpc) is 2.50. The summed E-state index contributed by atoms with van der Waals surface area (Å²) in [7, 11) is 0. The lowest BCUT2D eigenvalue weighted by atomic mass is 10.1. The zero-order valence-electron chi connectivity index (χ0n) is 12.3. The molecule has 0 aliphatic carbocycles. The molecule has 2 aromatic rings. The Bertz CT molecular complexity index is 628. The minimum absolute atomic E-state index is 0.159. The average molecular weight is 320 g/mol. The molecule has 0 amide bonds. The van der Waals surface area contributed by atoms with E-state index < -0.39 is 0 Å². The zero-order chi connectivity index (χ0) is 15.4. The van der Waals surface area contributed by atoms with Crippen LogP contribution in [0.1, 0.15) is 18.7 Å². The number of ether oxygens (including phenoxy) is 1. The highest BCUT2D eigenvalue weighted by Gasteiger charge is 2.16. The number of nitrogens with one attached hydrogen (secondary N) is 2. The highest BCUT2D eigenvalue weighted by atomic mass is 35.5. The molecule has 6 nitrogen and oxygen atoms in total. The summed E-state index contributed by atoms with van der Waals surface area (Å²) in [5, 5.41) is 7.13. The first-order chi connectivity index (χ1) is 10.7. The number of halogens is 1. The Morgan fingerprint density at radius 2 is 1.86 bits per heavy atom. The maximum absolute atomic E-state index is 5.88. The van der Waals surface area contributed by atoms with Gasteiger partial charge in [-0.15, -0.1) is 0 Å². The van der Waals surface area contributed by atoms with Crippen molar-refractivity contribution in [1.82, 2.24) is 20.3 Å². The third-order valence-corrected chi connectivity index (χ3v) is 3.64. The van der Waals surface area contributed by atoms with Gasteiger partial charge in [-0.25, -0.2) is 0 Å². The van der Waals surface area contributed by atoms with Gasteiger partial charge in [0.15, 0.2) is 0 Å². The van der Waals surface area contributed by atoms with Crippen molar-refractivity contribution in [2.75, 3.05) is 18.4 Å². The summed E-state index contributed by atoms with van der Waals surface area (Å²) in [5.74, 6) is 1.09. The lowest BCUT2D eigenvalue weighted by Gasteiger charge is -2.22. The van der Waals surface area contributed by atoms with Gasteiger partial charge in [0.05, 0.1) is 0 Å². The van der Waals surface area contributed by atoms with E-state index in [4.69, 9.17) is 16.3 Å². The van der Waals surface area contributed by atoms with E-state index in [9.17, 15) is 0 Å². The van der Waals surface area contributed by atoms with Gasteiger partial charge in [-0.2, -0.15) is 15.0 Å². The lowest BCUT2D eigenvalue weighted by molar-refractivity contribution is 0.148. The van der Waals surface area contributed by atoms with Gasteiger partial charge in [0.25, 0.3) is 0 Å². The topological polar surface area (TPSA) is 72.0 Å². The number of aromatic nitrogens is 3. The molecule has 0 bridgehead atoms. The molecule has 1 fully saturated rings. The molecule has 3 rings (SSSR count). The SMILES string of the molecule is Cc1nc(Nc2ccc(Cl)cc2)nc(OC2CCNCC2)n1. The first-order valence-corrected chi connectivity index (χ1v) is 7.69. The van der Waals surface area contributed by atoms with Crippen molar-refractivity contribution in [2.24, 2.45) is 0 Å². The molecule has 1 aliphatic rings. The minimum atomic E-state index is 0.159. The van der Waals surface area contributed by atoms with Crippen molar-refractivity contribution in [2.45, 2.75) is 25.9 Å². The van der Waals surface area contributed by atoms with Crippen LogP contribution in [0.3, 0.4) is 0 Å². The van der Waals surface area contributed by atoms with Gasteiger partial charge in [0.2, 0.25) is 5.95 Å². The van der Waals surface area contributed by atoms with Gasteiger partial charge in [-0.1, -0.05) is 11.6 Å². The fourth-order valence-electron chi connectivity index (χ4n) is 2.29. The minimum Gasteiger partial charge on any atom is -0.460 e.